The van der Waals surface area contributed by atoms with Crippen LogP contribution in [0.15, 0.2) is 18.3 Å². The maximum absolute atomic E-state index is 5.78. The molecule has 1 saturated carbocycles. The first-order valence-electron chi connectivity index (χ1n) is 6.43. The largest absolute Gasteiger partial charge is 0.381 e. The van der Waals surface area contributed by atoms with Gasteiger partial charge in [0.15, 0.2) is 0 Å². The molecule has 3 heteroatoms. The molecule has 0 aromatic carbocycles. The first kappa shape index (κ1) is 12.7. The van der Waals surface area contributed by atoms with E-state index in [4.69, 9.17) is 11.6 Å². The van der Waals surface area contributed by atoms with E-state index in [1.165, 1.54) is 32.1 Å². The molecule has 2 nitrogen and oxygen atoms in total. The summed E-state index contributed by atoms with van der Waals surface area (Å²) in [7, 11) is 0. The molecule has 1 aliphatic rings. The van der Waals surface area contributed by atoms with Gasteiger partial charge in [0.1, 0.15) is 5.15 Å². The molecule has 0 spiro atoms. The highest BCUT2D eigenvalue weighted by Gasteiger charge is 2.24. The summed E-state index contributed by atoms with van der Waals surface area (Å²) >= 11 is 5.78. The molecular weight excluding hydrogens is 232 g/mol. The zero-order chi connectivity index (χ0) is 12.3. The molecule has 0 aliphatic heterocycles. The van der Waals surface area contributed by atoms with E-state index >= 15 is 0 Å². The van der Waals surface area contributed by atoms with Gasteiger partial charge in [0, 0.05) is 6.04 Å². The van der Waals surface area contributed by atoms with Crippen LogP contribution in [0.2, 0.25) is 5.15 Å². The number of aromatic nitrogens is 1. The summed E-state index contributed by atoms with van der Waals surface area (Å²) in [5.74, 6) is 0. The van der Waals surface area contributed by atoms with Gasteiger partial charge in [-0.05, 0) is 43.2 Å². The lowest BCUT2D eigenvalue weighted by Crippen LogP contribution is -2.19. The Bertz CT molecular complexity index is 359. The molecule has 1 aromatic heterocycles. The predicted octanol–water partition coefficient (Wildman–Crippen LogP) is 4.51. The van der Waals surface area contributed by atoms with Crippen LogP contribution in [-0.4, -0.2) is 11.0 Å². The minimum absolute atomic E-state index is 0.509. The van der Waals surface area contributed by atoms with Crippen LogP contribution < -0.4 is 5.32 Å². The molecule has 1 fully saturated rings. The number of halogens is 1. The second kappa shape index (κ2) is 5.26. The van der Waals surface area contributed by atoms with E-state index in [2.05, 4.69) is 24.1 Å². The first-order chi connectivity index (χ1) is 8.05. The molecule has 0 saturated heterocycles. The summed E-state index contributed by atoms with van der Waals surface area (Å²) in [6, 6.07) is 4.43. The molecule has 94 valence electrons. The van der Waals surface area contributed by atoms with Crippen molar-refractivity contribution >= 4 is 17.3 Å². The number of nitrogens with zero attached hydrogens (tertiary/aromatic N) is 1. The highest BCUT2D eigenvalue weighted by atomic mass is 35.5. The van der Waals surface area contributed by atoms with E-state index in [0.717, 1.165) is 5.69 Å². The van der Waals surface area contributed by atoms with Crippen molar-refractivity contribution in [3.63, 3.8) is 0 Å². The van der Waals surface area contributed by atoms with Gasteiger partial charge >= 0.3 is 0 Å². The molecule has 0 amide bonds. The summed E-state index contributed by atoms with van der Waals surface area (Å²) in [5, 5.41) is 4.12. The summed E-state index contributed by atoms with van der Waals surface area (Å²) < 4.78 is 0. The predicted molar refractivity (Wildman–Crippen MR) is 73.5 cm³/mol. The fourth-order valence-corrected chi connectivity index (χ4v) is 2.61. The number of hydrogen-bond acceptors (Lipinski definition) is 2. The quantitative estimate of drug-likeness (QED) is 0.619. The smallest absolute Gasteiger partial charge is 0.129 e. The van der Waals surface area contributed by atoms with Gasteiger partial charge in [0.25, 0.3) is 0 Å². The van der Waals surface area contributed by atoms with E-state index in [9.17, 15) is 0 Å². The van der Waals surface area contributed by atoms with Crippen molar-refractivity contribution in [2.24, 2.45) is 5.41 Å². The molecule has 17 heavy (non-hydrogen) atoms. The molecular formula is C14H21ClN2. The highest BCUT2D eigenvalue weighted by molar-refractivity contribution is 6.29. The third-order valence-corrected chi connectivity index (χ3v) is 3.90. The Balaban J connectivity index is 1.93. The average Bonchev–Trinajstić information content (AvgIpc) is 2.44. The Morgan fingerprint density at radius 3 is 2.82 bits per heavy atom. The van der Waals surface area contributed by atoms with Gasteiger partial charge in [-0.3, -0.25) is 0 Å². The molecule has 1 aliphatic carbocycles. The van der Waals surface area contributed by atoms with E-state index in [1.807, 2.05) is 18.3 Å². The summed E-state index contributed by atoms with van der Waals surface area (Å²) in [5.41, 5.74) is 1.59. The zero-order valence-electron chi connectivity index (χ0n) is 10.7. The number of rotatable bonds is 2. The molecule has 1 unspecified atom stereocenters. The van der Waals surface area contributed by atoms with Crippen LogP contribution in [0.5, 0.6) is 0 Å². The maximum atomic E-state index is 5.78. The third-order valence-electron chi connectivity index (χ3n) is 3.67. The second-order valence-corrected chi connectivity index (χ2v) is 6.19. The fourth-order valence-electron chi connectivity index (χ4n) is 2.50. The van der Waals surface area contributed by atoms with Crippen molar-refractivity contribution in [3.8, 4) is 0 Å². The van der Waals surface area contributed by atoms with Crippen LogP contribution in [0.3, 0.4) is 0 Å². The Kier molecular flexibility index (Phi) is 3.93. The number of nitrogens with one attached hydrogen (secondary N) is 1. The SMILES string of the molecule is CC1(C)CCCC(Nc2ccc(Cl)nc2)CC1. The van der Waals surface area contributed by atoms with Crippen molar-refractivity contribution in [1.29, 1.82) is 0 Å². The van der Waals surface area contributed by atoms with E-state index < -0.39 is 0 Å². The summed E-state index contributed by atoms with van der Waals surface area (Å²) in [6.45, 7) is 4.75. The lowest BCUT2D eigenvalue weighted by Gasteiger charge is -2.22. The zero-order valence-corrected chi connectivity index (χ0v) is 11.4. The Morgan fingerprint density at radius 2 is 2.12 bits per heavy atom. The lowest BCUT2D eigenvalue weighted by molar-refractivity contribution is 0.313. The van der Waals surface area contributed by atoms with Crippen LogP contribution in [0.1, 0.15) is 46.0 Å². The standard InChI is InChI=1S/C14H21ClN2/c1-14(2)8-3-4-11(7-9-14)17-12-5-6-13(15)16-10-12/h5-6,10-11,17H,3-4,7-9H2,1-2H3. The molecule has 1 N–H and O–H groups in total. The lowest BCUT2D eigenvalue weighted by atomic mass is 9.85. The maximum Gasteiger partial charge on any atom is 0.129 e. The van der Waals surface area contributed by atoms with Gasteiger partial charge in [-0.2, -0.15) is 0 Å². The summed E-state index contributed by atoms with van der Waals surface area (Å²) in [6.07, 6.45) is 8.27. The Hall–Kier alpha value is -0.760. The number of hydrogen-bond donors (Lipinski definition) is 1. The molecule has 2 rings (SSSR count). The Morgan fingerprint density at radius 1 is 1.29 bits per heavy atom. The van der Waals surface area contributed by atoms with Crippen LogP contribution in [0.4, 0.5) is 5.69 Å². The topological polar surface area (TPSA) is 24.9 Å². The van der Waals surface area contributed by atoms with Gasteiger partial charge < -0.3 is 5.32 Å². The van der Waals surface area contributed by atoms with Gasteiger partial charge in [0.05, 0.1) is 11.9 Å². The van der Waals surface area contributed by atoms with E-state index in [-0.39, 0.29) is 0 Å². The van der Waals surface area contributed by atoms with E-state index in [1.54, 1.807) is 0 Å². The molecule has 0 radical (unpaired) electrons. The van der Waals surface area contributed by atoms with Gasteiger partial charge in [-0.25, -0.2) is 4.98 Å². The van der Waals surface area contributed by atoms with Crippen molar-refractivity contribution < 1.29 is 0 Å². The molecule has 1 aromatic rings. The normalized spacial score (nSPS) is 24.1. The van der Waals surface area contributed by atoms with Crippen molar-refractivity contribution in [2.75, 3.05) is 5.32 Å². The van der Waals surface area contributed by atoms with Gasteiger partial charge in [-0.15, -0.1) is 0 Å². The van der Waals surface area contributed by atoms with Crippen LogP contribution in [0.25, 0.3) is 0 Å². The summed E-state index contributed by atoms with van der Waals surface area (Å²) in [4.78, 5) is 4.10. The van der Waals surface area contributed by atoms with Gasteiger partial charge in [0.2, 0.25) is 0 Å². The minimum atomic E-state index is 0.509. The van der Waals surface area contributed by atoms with Crippen LogP contribution >= 0.6 is 11.6 Å². The third kappa shape index (κ3) is 3.88. The minimum Gasteiger partial charge on any atom is -0.381 e. The number of anilines is 1. The highest BCUT2D eigenvalue weighted by Crippen LogP contribution is 2.34. The van der Waals surface area contributed by atoms with Crippen LogP contribution in [-0.2, 0) is 0 Å². The first-order valence-corrected chi connectivity index (χ1v) is 6.81. The molecule has 0 bridgehead atoms. The average molecular weight is 253 g/mol. The Labute approximate surface area is 109 Å². The van der Waals surface area contributed by atoms with E-state index in [0.29, 0.717) is 16.6 Å². The molecule has 1 heterocycles. The molecule has 1 atom stereocenters. The van der Waals surface area contributed by atoms with Crippen molar-refractivity contribution in [2.45, 2.75) is 52.0 Å². The monoisotopic (exact) mass is 252 g/mol. The van der Waals surface area contributed by atoms with Crippen molar-refractivity contribution in [3.05, 3.63) is 23.5 Å². The van der Waals surface area contributed by atoms with Gasteiger partial charge in [-0.1, -0.05) is 31.9 Å². The second-order valence-electron chi connectivity index (χ2n) is 5.81. The van der Waals surface area contributed by atoms with Crippen LogP contribution in [0, 0.1) is 5.41 Å². The van der Waals surface area contributed by atoms with Crippen molar-refractivity contribution in [1.82, 2.24) is 4.98 Å². The fraction of sp³-hybridized carbons (Fsp3) is 0.643. The number of pyridine rings is 1.